The van der Waals surface area contributed by atoms with Crippen molar-refractivity contribution in [2.24, 2.45) is 4.99 Å². The molecule has 0 saturated carbocycles. The average Bonchev–Trinajstić information content (AvgIpc) is 3.15. The first-order valence-corrected chi connectivity index (χ1v) is 7.68. The van der Waals surface area contributed by atoms with Crippen LogP contribution in [0.2, 0.25) is 0 Å². The lowest BCUT2D eigenvalue weighted by Gasteiger charge is -2.22. The smallest absolute Gasteiger partial charge is 0.191 e. The van der Waals surface area contributed by atoms with E-state index in [2.05, 4.69) is 15.6 Å². The van der Waals surface area contributed by atoms with Crippen molar-refractivity contribution in [3.63, 3.8) is 0 Å². The lowest BCUT2D eigenvalue weighted by Crippen LogP contribution is -2.47. The number of aromatic hydroxyl groups is 1. The van der Waals surface area contributed by atoms with Crippen LogP contribution in [0.4, 0.5) is 0 Å². The van der Waals surface area contributed by atoms with E-state index in [1.807, 2.05) is 6.07 Å². The zero-order valence-electron chi connectivity index (χ0n) is 13.0. The van der Waals surface area contributed by atoms with E-state index < -0.39 is 0 Å². The van der Waals surface area contributed by atoms with Gasteiger partial charge in [0.1, 0.15) is 11.5 Å². The third-order valence-electron chi connectivity index (χ3n) is 4.38. The molecule has 120 valence electrons. The van der Waals surface area contributed by atoms with Crippen molar-refractivity contribution in [3.8, 4) is 11.5 Å². The lowest BCUT2D eigenvalue weighted by atomic mass is 9.96. The predicted octanol–water partition coefficient (Wildman–Crippen LogP) is 1.39. The number of methoxy groups -OCH3 is 1. The van der Waals surface area contributed by atoms with Gasteiger partial charge in [-0.2, -0.15) is 0 Å². The number of rotatable bonds is 4. The van der Waals surface area contributed by atoms with Crippen molar-refractivity contribution in [2.75, 3.05) is 14.2 Å². The summed E-state index contributed by atoms with van der Waals surface area (Å²) in [7, 11) is 3.36. The number of guanidine groups is 1. The maximum absolute atomic E-state index is 9.91. The van der Waals surface area contributed by atoms with Gasteiger partial charge in [-0.05, 0) is 37.5 Å². The third-order valence-corrected chi connectivity index (χ3v) is 4.38. The van der Waals surface area contributed by atoms with Gasteiger partial charge >= 0.3 is 0 Å². The van der Waals surface area contributed by atoms with Crippen LogP contribution in [0.25, 0.3) is 0 Å². The highest BCUT2D eigenvalue weighted by Crippen LogP contribution is 2.34. The molecule has 6 heteroatoms. The first-order valence-electron chi connectivity index (χ1n) is 7.68. The molecule has 0 radical (unpaired) electrons. The fourth-order valence-corrected chi connectivity index (χ4v) is 3.17. The van der Waals surface area contributed by atoms with Crippen LogP contribution >= 0.6 is 0 Å². The van der Waals surface area contributed by atoms with Crippen molar-refractivity contribution in [2.45, 2.75) is 44.1 Å². The molecule has 2 saturated heterocycles. The van der Waals surface area contributed by atoms with Crippen molar-refractivity contribution < 1.29 is 14.6 Å². The van der Waals surface area contributed by atoms with Crippen molar-refractivity contribution >= 4 is 5.96 Å². The number of phenolic OH excluding ortho intramolecular Hbond substituents is 1. The van der Waals surface area contributed by atoms with Gasteiger partial charge in [-0.1, -0.05) is 0 Å². The summed E-state index contributed by atoms with van der Waals surface area (Å²) in [6.45, 7) is 0.477. The largest absolute Gasteiger partial charge is 0.508 e. The Morgan fingerprint density at radius 2 is 2.32 bits per heavy atom. The number of ether oxygens (including phenoxy) is 2. The quantitative estimate of drug-likeness (QED) is 0.579. The van der Waals surface area contributed by atoms with E-state index in [0.717, 1.165) is 30.1 Å². The Morgan fingerprint density at radius 1 is 1.45 bits per heavy atom. The number of fused-ring (bicyclic) bond motifs is 2. The number of hydrogen-bond acceptors (Lipinski definition) is 4. The van der Waals surface area contributed by atoms with Crippen LogP contribution in [0.1, 0.15) is 24.8 Å². The average molecular weight is 305 g/mol. The maximum atomic E-state index is 9.91. The minimum absolute atomic E-state index is 0.243. The Morgan fingerprint density at radius 3 is 2.95 bits per heavy atom. The molecule has 3 atom stereocenters. The summed E-state index contributed by atoms with van der Waals surface area (Å²) in [5.41, 5.74) is 0.770. The van der Waals surface area contributed by atoms with Crippen LogP contribution in [0.15, 0.2) is 23.2 Å². The first kappa shape index (κ1) is 15.0. The molecule has 1 aromatic carbocycles. The fraction of sp³-hybridized carbons (Fsp3) is 0.562. The number of phenols is 1. The Kier molecular flexibility index (Phi) is 4.38. The summed E-state index contributed by atoms with van der Waals surface area (Å²) in [4.78, 5) is 4.25. The van der Waals surface area contributed by atoms with E-state index in [-0.39, 0.29) is 5.75 Å². The monoisotopic (exact) mass is 305 g/mol. The zero-order chi connectivity index (χ0) is 15.5. The Labute approximate surface area is 130 Å². The standard InChI is InChI=1S/C16H23N3O3/c1-17-16(19-13-8-12-4-6-15(13)22-12)18-9-10-7-11(21-2)3-5-14(10)20/h3,5,7,12-13,15,20H,4,6,8-9H2,1-2H3,(H2,17,18,19). The predicted molar refractivity (Wildman–Crippen MR) is 84.3 cm³/mol. The number of hydrogen-bond donors (Lipinski definition) is 3. The molecule has 3 rings (SSSR count). The van der Waals surface area contributed by atoms with Gasteiger partial charge in [0.15, 0.2) is 5.96 Å². The van der Waals surface area contributed by atoms with E-state index in [4.69, 9.17) is 9.47 Å². The lowest BCUT2D eigenvalue weighted by molar-refractivity contribution is 0.0992. The molecule has 22 heavy (non-hydrogen) atoms. The SMILES string of the molecule is CN=C(NCc1cc(OC)ccc1O)NC1CC2CCC1O2. The number of benzene rings is 1. The van der Waals surface area contributed by atoms with Crippen molar-refractivity contribution in [3.05, 3.63) is 23.8 Å². The highest BCUT2D eigenvalue weighted by Gasteiger charge is 2.41. The van der Waals surface area contributed by atoms with Crippen molar-refractivity contribution in [1.29, 1.82) is 0 Å². The molecule has 3 N–H and O–H groups in total. The number of nitrogens with zero attached hydrogens (tertiary/aromatic N) is 1. The van der Waals surface area contributed by atoms with Gasteiger partial charge in [-0.15, -0.1) is 0 Å². The summed E-state index contributed by atoms with van der Waals surface area (Å²) < 4.78 is 11.0. The summed E-state index contributed by atoms with van der Waals surface area (Å²) in [6, 6.07) is 5.51. The highest BCUT2D eigenvalue weighted by molar-refractivity contribution is 5.80. The van der Waals surface area contributed by atoms with Gasteiger partial charge in [0.05, 0.1) is 25.4 Å². The van der Waals surface area contributed by atoms with Crippen LogP contribution in [0.3, 0.4) is 0 Å². The summed E-state index contributed by atoms with van der Waals surface area (Å²) in [5.74, 6) is 1.69. The summed E-state index contributed by atoms with van der Waals surface area (Å²) in [6.07, 6.45) is 4.04. The molecule has 2 heterocycles. The van der Waals surface area contributed by atoms with E-state index in [1.54, 1.807) is 26.3 Å². The van der Waals surface area contributed by atoms with Crippen LogP contribution < -0.4 is 15.4 Å². The number of nitrogens with one attached hydrogen (secondary N) is 2. The molecular formula is C16H23N3O3. The molecule has 3 unspecified atom stereocenters. The molecule has 2 aliphatic rings. The van der Waals surface area contributed by atoms with E-state index in [1.165, 1.54) is 6.42 Å². The molecule has 0 amide bonds. The fourth-order valence-electron chi connectivity index (χ4n) is 3.17. The topological polar surface area (TPSA) is 75.1 Å². The Hall–Kier alpha value is -1.95. The van der Waals surface area contributed by atoms with E-state index >= 15 is 0 Å². The molecule has 1 aromatic rings. The van der Waals surface area contributed by atoms with Gasteiger partial charge < -0.3 is 25.2 Å². The van der Waals surface area contributed by atoms with E-state index in [9.17, 15) is 5.11 Å². The van der Waals surface area contributed by atoms with Gasteiger partial charge in [0.25, 0.3) is 0 Å². The summed E-state index contributed by atoms with van der Waals surface area (Å²) in [5, 5.41) is 16.6. The molecule has 6 nitrogen and oxygen atoms in total. The third kappa shape index (κ3) is 3.11. The van der Waals surface area contributed by atoms with Gasteiger partial charge in [0, 0.05) is 19.2 Å². The van der Waals surface area contributed by atoms with Crippen LogP contribution in [0, 0.1) is 0 Å². The first-order chi connectivity index (χ1) is 10.7. The molecule has 2 aliphatic heterocycles. The zero-order valence-corrected chi connectivity index (χ0v) is 13.0. The second kappa shape index (κ2) is 6.44. The van der Waals surface area contributed by atoms with E-state index in [0.29, 0.717) is 24.8 Å². The molecular weight excluding hydrogens is 282 g/mol. The normalized spacial score (nSPS) is 27.0. The maximum Gasteiger partial charge on any atom is 0.191 e. The highest BCUT2D eigenvalue weighted by atomic mass is 16.5. The Bertz CT molecular complexity index is 562. The summed E-state index contributed by atoms with van der Waals surface area (Å²) >= 11 is 0. The van der Waals surface area contributed by atoms with Gasteiger partial charge in [0.2, 0.25) is 0 Å². The van der Waals surface area contributed by atoms with Crippen LogP contribution in [-0.2, 0) is 11.3 Å². The van der Waals surface area contributed by atoms with Crippen LogP contribution in [0.5, 0.6) is 11.5 Å². The number of aliphatic imine (C=N–C) groups is 1. The van der Waals surface area contributed by atoms with Crippen molar-refractivity contribution in [1.82, 2.24) is 10.6 Å². The molecule has 2 fully saturated rings. The second-order valence-corrected chi connectivity index (χ2v) is 5.78. The molecule has 0 aromatic heterocycles. The minimum atomic E-state index is 0.243. The van der Waals surface area contributed by atoms with Crippen LogP contribution in [-0.4, -0.2) is 43.5 Å². The molecule has 0 aliphatic carbocycles. The second-order valence-electron chi connectivity index (χ2n) is 5.78. The van der Waals surface area contributed by atoms with Gasteiger partial charge in [-0.3, -0.25) is 4.99 Å². The minimum Gasteiger partial charge on any atom is -0.508 e. The molecule has 0 spiro atoms. The molecule has 2 bridgehead atoms. The van der Waals surface area contributed by atoms with Gasteiger partial charge in [-0.25, -0.2) is 0 Å². The Balaban J connectivity index is 1.57.